The van der Waals surface area contributed by atoms with E-state index in [1.54, 1.807) is 6.07 Å². The molecule has 118 valence electrons. The molecule has 5 atom stereocenters. The van der Waals surface area contributed by atoms with Gasteiger partial charge < -0.3 is 5.32 Å². The minimum atomic E-state index is -0.224. The number of halogens is 1. The zero-order valence-electron chi connectivity index (χ0n) is 12.9. The first-order chi connectivity index (χ1) is 10.7. The quantitative estimate of drug-likeness (QED) is 0.902. The van der Waals surface area contributed by atoms with Gasteiger partial charge in [0.05, 0.1) is 0 Å². The number of rotatable bonds is 4. The number of carbonyl (C=O) groups excluding carboxylic acids is 1. The third-order valence-corrected chi connectivity index (χ3v) is 6.30. The number of carbonyl (C=O) groups is 1. The second-order valence-corrected chi connectivity index (χ2v) is 7.46. The molecule has 0 aromatic heterocycles. The van der Waals surface area contributed by atoms with Gasteiger partial charge in [0.25, 0.3) is 0 Å². The molecule has 0 saturated heterocycles. The maximum absolute atomic E-state index is 13.1. The lowest BCUT2D eigenvalue weighted by molar-refractivity contribution is -0.122. The zero-order chi connectivity index (χ0) is 15.1. The first-order valence-electron chi connectivity index (χ1n) is 8.74. The van der Waals surface area contributed by atoms with Crippen molar-refractivity contribution in [1.29, 1.82) is 0 Å². The van der Waals surface area contributed by atoms with Crippen molar-refractivity contribution in [3.05, 3.63) is 35.6 Å². The molecule has 0 radical (unpaired) electrons. The molecule has 0 spiro atoms. The molecule has 0 heterocycles. The number of fused-ring (bicyclic) bond motifs is 5. The minimum Gasteiger partial charge on any atom is -0.353 e. The SMILES string of the molecule is O=C(CCc1cccc(F)c1)N[C@@H]1C[C@H]2C[C@H]1[C@H]1CCC[C@@H]21. The van der Waals surface area contributed by atoms with Crippen molar-refractivity contribution >= 4 is 5.91 Å². The van der Waals surface area contributed by atoms with Crippen molar-refractivity contribution in [3.8, 4) is 0 Å². The van der Waals surface area contributed by atoms with Gasteiger partial charge in [-0.3, -0.25) is 4.79 Å². The van der Waals surface area contributed by atoms with Gasteiger partial charge in [0.15, 0.2) is 0 Å². The largest absolute Gasteiger partial charge is 0.353 e. The number of hydrogen-bond donors (Lipinski definition) is 1. The molecule has 3 heteroatoms. The van der Waals surface area contributed by atoms with Gasteiger partial charge in [0, 0.05) is 12.5 Å². The molecule has 1 aromatic carbocycles. The standard InChI is InChI=1S/C19H24FNO/c20-14-4-1-3-12(9-14)7-8-19(22)21-18-11-13-10-17(18)16-6-2-5-15(13)16/h1,3-4,9,13,15-18H,2,5-8,10-11H2,(H,21,22)/t13-,15+,16+,17+,18-/m1/s1. The van der Waals surface area contributed by atoms with Crippen LogP contribution in [0.3, 0.4) is 0 Å². The molecule has 3 saturated carbocycles. The third-order valence-electron chi connectivity index (χ3n) is 6.30. The predicted molar refractivity (Wildman–Crippen MR) is 83.7 cm³/mol. The Morgan fingerprint density at radius 1 is 1.18 bits per heavy atom. The fourth-order valence-corrected chi connectivity index (χ4v) is 5.46. The lowest BCUT2D eigenvalue weighted by Gasteiger charge is -2.32. The Labute approximate surface area is 131 Å². The summed E-state index contributed by atoms with van der Waals surface area (Å²) in [5.74, 6) is 3.36. The average Bonchev–Trinajstić information content (AvgIpc) is 3.17. The van der Waals surface area contributed by atoms with Crippen LogP contribution < -0.4 is 5.32 Å². The van der Waals surface area contributed by atoms with Crippen LogP contribution in [0.5, 0.6) is 0 Å². The van der Waals surface area contributed by atoms with E-state index in [1.165, 1.54) is 44.2 Å². The fraction of sp³-hybridized carbons (Fsp3) is 0.632. The maximum Gasteiger partial charge on any atom is 0.220 e. The monoisotopic (exact) mass is 301 g/mol. The van der Waals surface area contributed by atoms with Gasteiger partial charge >= 0.3 is 0 Å². The highest BCUT2D eigenvalue weighted by atomic mass is 19.1. The number of aryl methyl sites for hydroxylation is 1. The van der Waals surface area contributed by atoms with Crippen LogP contribution in [0.4, 0.5) is 4.39 Å². The van der Waals surface area contributed by atoms with Crippen LogP contribution in [0.2, 0.25) is 0 Å². The summed E-state index contributed by atoms with van der Waals surface area (Å²) in [4.78, 5) is 12.2. The molecule has 0 aliphatic heterocycles. The first-order valence-corrected chi connectivity index (χ1v) is 8.74. The Morgan fingerprint density at radius 2 is 2.05 bits per heavy atom. The predicted octanol–water partition coefficient (Wildman–Crippen LogP) is 3.70. The van der Waals surface area contributed by atoms with E-state index in [-0.39, 0.29) is 11.7 Å². The second kappa shape index (κ2) is 5.68. The first kappa shape index (κ1) is 14.2. The van der Waals surface area contributed by atoms with Gasteiger partial charge in [-0.2, -0.15) is 0 Å². The van der Waals surface area contributed by atoms with Crippen LogP contribution in [0.15, 0.2) is 24.3 Å². The summed E-state index contributed by atoms with van der Waals surface area (Å²) in [5.41, 5.74) is 0.902. The second-order valence-electron chi connectivity index (χ2n) is 7.46. The van der Waals surface area contributed by atoms with Crippen LogP contribution in [-0.2, 0) is 11.2 Å². The van der Waals surface area contributed by atoms with E-state index in [0.717, 1.165) is 29.2 Å². The van der Waals surface area contributed by atoms with Crippen molar-refractivity contribution in [2.75, 3.05) is 0 Å². The van der Waals surface area contributed by atoms with Crippen molar-refractivity contribution < 1.29 is 9.18 Å². The number of benzene rings is 1. The molecule has 22 heavy (non-hydrogen) atoms. The van der Waals surface area contributed by atoms with Crippen LogP contribution in [0.1, 0.15) is 44.1 Å². The van der Waals surface area contributed by atoms with E-state index in [9.17, 15) is 9.18 Å². The highest BCUT2D eigenvalue weighted by Gasteiger charge is 2.53. The number of hydrogen-bond acceptors (Lipinski definition) is 1. The molecule has 3 aliphatic carbocycles. The van der Waals surface area contributed by atoms with E-state index < -0.39 is 0 Å². The van der Waals surface area contributed by atoms with E-state index >= 15 is 0 Å². The summed E-state index contributed by atoms with van der Waals surface area (Å²) in [6, 6.07) is 6.96. The van der Waals surface area contributed by atoms with Gasteiger partial charge in [-0.05, 0) is 73.5 Å². The Bertz CT molecular complexity index is 572. The summed E-state index contributed by atoms with van der Waals surface area (Å²) in [5, 5.41) is 3.28. The number of amides is 1. The highest BCUT2D eigenvalue weighted by Crippen LogP contribution is 2.58. The lowest BCUT2D eigenvalue weighted by atomic mass is 9.79. The van der Waals surface area contributed by atoms with E-state index in [1.807, 2.05) is 6.07 Å². The minimum absolute atomic E-state index is 0.136. The molecular weight excluding hydrogens is 277 g/mol. The van der Waals surface area contributed by atoms with Gasteiger partial charge in [-0.1, -0.05) is 18.6 Å². The van der Waals surface area contributed by atoms with Gasteiger partial charge in [-0.25, -0.2) is 4.39 Å². The molecule has 4 rings (SSSR count). The zero-order valence-corrected chi connectivity index (χ0v) is 12.9. The van der Waals surface area contributed by atoms with Gasteiger partial charge in [0.2, 0.25) is 5.91 Å². The molecule has 3 fully saturated rings. The molecule has 1 N–H and O–H groups in total. The van der Waals surface area contributed by atoms with Crippen molar-refractivity contribution in [2.24, 2.45) is 23.7 Å². The topological polar surface area (TPSA) is 29.1 Å². The van der Waals surface area contributed by atoms with Crippen molar-refractivity contribution in [3.63, 3.8) is 0 Å². The molecule has 1 aromatic rings. The normalized spacial score (nSPS) is 35.6. The lowest BCUT2D eigenvalue weighted by Crippen LogP contribution is -2.42. The Kier molecular flexibility index (Phi) is 3.67. The Balaban J connectivity index is 1.30. The van der Waals surface area contributed by atoms with E-state index in [4.69, 9.17) is 0 Å². The summed E-state index contributed by atoms with van der Waals surface area (Å²) in [6.07, 6.45) is 7.81. The van der Waals surface area contributed by atoms with Crippen LogP contribution in [-0.4, -0.2) is 11.9 Å². The van der Waals surface area contributed by atoms with Gasteiger partial charge in [0.1, 0.15) is 5.82 Å². The van der Waals surface area contributed by atoms with Gasteiger partial charge in [-0.15, -0.1) is 0 Å². The van der Waals surface area contributed by atoms with Crippen molar-refractivity contribution in [2.45, 2.75) is 51.0 Å². The van der Waals surface area contributed by atoms with Crippen LogP contribution in [0.25, 0.3) is 0 Å². The maximum atomic E-state index is 13.1. The molecule has 3 aliphatic rings. The molecule has 1 amide bonds. The fourth-order valence-electron chi connectivity index (χ4n) is 5.46. The highest BCUT2D eigenvalue weighted by molar-refractivity contribution is 5.76. The molecule has 2 nitrogen and oxygen atoms in total. The summed E-state index contributed by atoms with van der Waals surface area (Å²) in [6.45, 7) is 0. The van der Waals surface area contributed by atoms with Crippen LogP contribution >= 0.6 is 0 Å². The molecule has 2 bridgehead atoms. The molecule has 0 unspecified atom stereocenters. The van der Waals surface area contributed by atoms with Crippen molar-refractivity contribution in [1.82, 2.24) is 5.32 Å². The summed E-state index contributed by atoms with van der Waals surface area (Å²) in [7, 11) is 0. The smallest absolute Gasteiger partial charge is 0.220 e. The van der Waals surface area contributed by atoms with E-state index in [2.05, 4.69) is 5.32 Å². The Hall–Kier alpha value is -1.38. The molecular formula is C19H24FNO. The number of nitrogens with one attached hydrogen (secondary N) is 1. The summed E-state index contributed by atoms with van der Waals surface area (Å²) >= 11 is 0. The third kappa shape index (κ3) is 2.55. The average molecular weight is 301 g/mol. The summed E-state index contributed by atoms with van der Waals surface area (Å²) < 4.78 is 13.1. The van der Waals surface area contributed by atoms with Crippen LogP contribution in [0, 0.1) is 29.5 Å². The Morgan fingerprint density at radius 3 is 2.91 bits per heavy atom. The van der Waals surface area contributed by atoms with E-state index in [0.29, 0.717) is 18.9 Å².